The molecule has 0 saturated carbocycles. The van der Waals surface area contributed by atoms with Gasteiger partial charge in [0, 0.05) is 5.56 Å². The van der Waals surface area contributed by atoms with Gasteiger partial charge in [0.05, 0.1) is 13.2 Å². The van der Waals surface area contributed by atoms with E-state index < -0.39 is 0 Å². The molecule has 0 aliphatic carbocycles. The number of ether oxygens (including phenoxy) is 2. The number of benzene rings is 1. The lowest BCUT2D eigenvalue weighted by Gasteiger charge is -2.29. The van der Waals surface area contributed by atoms with Crippen molar-refractivity contribution in [3.05, 3.63) is 28.8 Å². The summed E-state index contributed by atoms with van der Waals surface area (Å²) >= 11 is 0. The van der Waals surface area contributed by atoms with Crippen LogP contribution >= 0.6 is 0 Å². The molecule has 1 fully saturated rings. The standard InChI is InChI=1S/C17H26O3/c1-16(2,3)12-9-11(15-19-7-8-20-15)10-13(14(12)18)17(4,5)6/h9-10,15,18H,7-8H2,1-6H3. The third-order valence-electron chi connectivity index (χ3n) is 3.64. The molecule has 1 aromatic rings. The lowest BCUT2D eigenvalue weighted by Crippen LogP contribution is -2.18. The molecule has 2 rings (SSSR count). The molecule has 1 aromatic carbocycles. The van der Waals surface area contributed by atoms with Crippen LogP contribution in [0.2, 0.25) is 0 Å². The molecular formula is C17H26O3. The van der Waals surface area contributed by atoms with Crippen LogP contribution < -0.4 is 0 Å². The van der Waals surface area contributed by atoms with Crippen LogP contribution in [0.1, 0.15) is 64.5 Å². The molecule has 1 aliphatic heterocycles. The lowest BCUT2D eigenvalue weighted by molar-refractivity contribution is -0.0443. The maximum Gasteiger partial charge on any atom is 0.184 e. The van der Waals surface area contributed by atoms with Crippen molar-refractivity contribution < 1.29 is 14.6 Å². The van der Waals surface area contributed by atoms with Crippen molar-refractivity contribution in [3.63, 3.8) is 0 Å². The van der Waals surface area contributed by atoms with E-state index in [1.54, 1.807) is 0 Å². The Morgan fingerprint density at radius 2 is 1.30 bits per heavy atom. The number of hydrogen-bond acceptors (Lipinski definition) is 3. The van der Waals surface area contributed by atoms with Gasteiger partial charge >= 0.3 is 0 Å². The van der Waals surface area contributed by atoms with Gasteiger partial charge in [-0.2, -0.15) is 0 Å². The summed E-state index contributed by atoms with van der Waals surface area (Å²) < 4.78 is 11.2. The van der Waals surface area contributed by atoms with Crippen molar-refractivity contribution in [1.29, 1.82) is 0 Å². The number of phenolic OH excluding ortho intramolecular Hbond substituents is 1. The Morgan fingerprint density at radius 3 is 1.65 bits per heavy atom. The summed E-state index contributed by atoms with van der Waals surface area (Å²) in [6.07, 6.45) is -0.308. The zero-order valence-electron chi connectivity index (χ0n) is 13.4. The average Bonchev–Trinajstić information content (AvgIpc) is 2.79. The number of rotatable bonds is 1. The molecule has 3 nitrogen and oxygen atoms in total. The van der Waals surface area contributed by atoms with Crippen LogP contribution in [0.15, 0.2) is 12.1 Å². The molecule has 1 heterocycles. The number of hydrogen-bond donors (Lipinski definition) is 1. The zero-order chi connectivity index (χ0) is 15.1. The van der Waals surface area contributed by atoms with Gasteiger partial charge in [-0.15, -0.1) is 0 Å². The SMILES string of the molecule is CC(C)(C)c1cc(C2OCCO2)cc(C(C)(C)C)c1O. The third kappa shape index (κ3) is 2.99. The largest absolute Gasteiger partial charge is 0.507 e. The van der Waals surface area contributed by atoms with Crippen LogP contribution in [0.5, 0.6) is 5.75 Å². The van der Waals surface area contributed by atoms with E-state index in [1.807, 2.05) is 12.1 Å². The monoisotopic (exact) mass is 278 g/mol. The highest BCUT2D eigenvalue weighted by atomic mass is 16.7. The summed E-state index contributed by atoms with van der Waals surface area (Å²) in [5, 5.41) is 10.6. The molecule has 3 heteroatoms. The van der Waals surface area contributed by atoms with Crippen molar-refractivity contribution in [1.82, 2.24) is 0 Å². The number of aromatic hydroxyl groups is 1. The molecule has 1 N–H and O–H groups in total. The van der Waals surface area contributed by atoms with Crippen LogP contribution in [0.25, 0.3) is 0 Å². The summed E-state index contributed by atoms with van der Waals surface area (Å²) in [5.74, 6) is 0.395. The van der Waals surface area contributed by atoms with E-state index in [9.17, 15) is 5.11 Å². The first-order valence-corrected chi connectivity index (χ1v) is 7.22. The van der Waals surface area contributed by atoms with Gasteiger partial charge in [0.1, 0.15) is 5.75 Å². The minimum absolute atomic E-state index is 0.126. The van der Waals surface area contributed by atoms with Crippen LogP contribution in [0.3, 0.4) is 0 Å². The number of phenols is 1. The first-order chi connectivity index (χ1) is 9.10. The quantitative estimate of drug-likeness (QED) is 0.843. The van der Waals surface area contributed by atoms with E-state index in [0.29, 0.717) is 19.0 Å². The average molecular weight is 278 g/mol. The van der Waals surface area contributed by atoms with Crippen molar-refractivity contribution in [2.45, 2.75) is 58.7 Å². The smallest absolute Gasteiger partial charge is 0.184 e. The Labute approximate surface area is 121 Å². The minimum Gasteiger partial charge on any atom is -0.507 e. The van der Waals surface area contributed by atoms with E-state index in [-0.39, 0.29) is 17.1 Å². The molecule has 1 saturated heterocycles. The van der Waals surface area contributed by atoms with Crippen molar-refractivity contribution >= 4 is 0 Å². The molecule has 0 amide bonds. The van der Waals surface area contributed by atoms with Crippen molar-refractivity contribution in [2.24, 2.45) is 0 Å². The predicted molar refractivity (Wildman–Crippen MR) is 80.2 cm³/mol. The molecule has 0 unspecified atom stereocenters. The molecule has 112 valence electrons. The Bertz CT molecular complexity index is 451. The van der Waals surface area contributed by atoms with Crippen LogP contribution in [0, 0.1) is 0 Å². The van der Waals surface area contributed by atoms with E-state index in [4.69, 9.17) is 9.47 Å². The van der Waals surface area contributed by atoms with Crippen LogP contribution in [-0.2, 0) is 20.3 Å². The first kappa shape index (κ1) is 15.3. The molecular weight excluding hydrogens is 252 g/mol. The molecule has 20 heavy (non-hydrogen) atoms. The maximum atomic E-state index is 10.6. The van der Waals surface area contributed by atoms with E-state index >= 15 is 0 Å². The first-order valence-electron chi connectivity index (χ1n) is 7.22. The molecule has 0 aromatic heterocycles. The highest BCUT2D eigenvalue weighted by Gasteiger charge is 2.29. The van der Waals surface area contributed by atoms with Crippen LogP contribution in [-0.4, -0.2) is 18.3 Å². The predicted octanol–water partition coefficient (Wildman–Crippen LogP) is 4.03. The molecule has 0 radical (unpaired) electrons. The van der Waals surface area contributed by atoms with Gasteiger partial charge in [0.2, 0.25) is 0 Å². The second kappa shape index (κ2) is 5.05. The molecule has 0 spiro atoms. The van der Waals surface area contributed by atoms with Crippen molar-refractivity contribution in [2.75, 3.05) is 13.2 Å². The third-order valence-corrected chi connectivity index (χ3v) is 3.64. The normalized spacial score (nSPS) is 17.7. The fourth-order valence-electron chi connectivity index (χ4n) is 2.49. The summed E-state index contributed by atoms with van der Waals surface area (Å²) in [5.41, 5.74) is 2.63. The van der Waals surface area contributed by atoms with Gasteiger partial charge in [-0.05, 0) is 34.1 Å². The lowest BCUT2D eigenvalue weighted by atomic mass is 9.78. The fraction of sp³-hybridized carbons (Fsp3) is 0.647. The molecule has 0 atom stereocenters. The maximum absolute atomic E-state index is 10.6. The Balaban J connectivity index is 2.60. The summed E-state index contributed by atoms with van der Waals surface area (Å²) in [7, 11) is 0. The van der Waals surface area contributed by atoms with Crippen LogP contribution in [0.4, 0.5) is 0 Å². The highest BCUT2D eigenvalue weighted by Crippen LogP contribution is 2.41. The summed E-state index contributed by atoms with van der Waals surface area (Å²) in [4.78, 5) is 0. The van der Waals surface area contributed by atoms with Gasteiger partial charge in [-0.3, -0.25) is 0 Å². The minimum atomic E-state index is -0.308. The van der Waals surface area contributed by atoms with Gasteiger partial charge < -0.3 is 14.6 Å². The topological polar surface area (TPSA) is 38.7 Å². The second-order valence-electron chi connectivity index (χ2n) is 7.54. The van der Waals surface area contributed by atoms with E-state index in [0.717, 1.165) is 16.7 Å². The van der Waals surface area contributed by atoms with E-state index in [1.165, 1.54) is 0 Å². The summed E-state index contributed by atoms with van der Waals surface area (Å²) in [6, 6.07) is 4.03. The Morgan fingerprint density at radius 1 is 0.900 bits per heavy atom. The second-order valence-corrected chi connectivity index (χ2v) is 7.54. The zero-order valence-corrected chi connectivity index (χ0v) is 13.4. The van der Waals surface area contributed by atoms with Gasteiger partial charge in [-0.25, -0.2) is 0 Å². The van der Waals surface area contributed by atoms with E-state index in [2.05, 4.69) is 41.5 Å². The fourth-order valence-corrected chi connectivity index (χ4v) is 2.49. The van der Waals surface area contributed by atoms with Gasteiger partial charge in [0.15, 0.2) is 6.29 Å². The highest BCUT2D eigenvalue weighted by molar-refractivity contribution is 5.50. The molecule has 1 aliphatic rings. The van der Waals surface area contributed by atoms with Gasteiger partial charge in [-0.1, -0.05) is 41.5 Å². The Hall–Kier alpha value is -1.06. The summed E-state index contributed by atoms with van der Waals surface area (Å²) in [6.45, 7) is 13.9. The Kier molecular flexibility index (Phi) is 3.87. The van der Waals surface area contributed by atoms with Crippen molar-refractivity contribution in [3.8, 4) is 5.75 Å². The molecule has 0 bridgehead atoms. The van der Waals surface area contributed by atoms with Gasteiger partial charge in [0.25, 0.3) is 0 Å².